The minimum atomic E-state index is -3.12. The molecule has 0 bridgehead atoms. The maximum Gasteiger partial charge on any atom is 0.178 e. The molecule has 0 saturated carbocycles. The van der Waals surface area contributed by atoms with Gasteiger partial charge in [0.05, 0.1) is 10.6 Å². The summed E-state index contributed by atoms with van der Waals surface area (Å²) in [7, 11) is -3.12. The van der Waals surface area contributed by atoms with E-state index in [0.717, 1.165) is 5.69 Å². The summed E-state index contributed by atoms with van der Waals surface area (Å²) in [6.45, 7) is 3.73. The van der Waals surface area contributed by atoms with E-state index in [2.05, 4.69) is 5.32 Å². The zero-order valence-corrected chi connectivity index (χ0v) is 11.0. The Hall–Kier alpha value is -1.07. The fraction of sp³-hybridized carbons (Fsp3) is 0.500. The quantitative estimate of drug-likeness (QED) is 0.813. The topological polar surface area (TPSA) is 66.4 Å². The Balaban J connectivity index is 2.75. The van der Waals surface area contributed by atoms with Crippen LogP contribution in [0, 0.1) is 0 Å². The van der Waals surface area contributed by atoms with Crippen molar-refractivity contribution in [2.75, 3.05) is 17.7 Å². The number of hydrogen-bond donors (Lipinski definition) is 2. The highest BCUT2D eigenvalue weighted by atomic mass is 32.2. The molecule has 1 aromatic rings. The Morgan fingerprint density at radius 1 is 1.29 bits per heavy atom. The van der Waals surface area contributed by atoms with Gasteiger partial charge in [0.25, 0.3) is 0 Å². The van der Waals surface area contributed by atoms with Crippen molar-refractivity contribution >= 4 is 15.5 Å². The minimum Gasteiger partial charge on any atom is -0.396 e. The van der Waals surface area contributed by atoms with E-state index in [1.165, 1.54) is 0 Å². The summed E-state index contributed by atoms with van der Waals surface area (Å²) < 4.78 is 23.2. The van der Waals surface area contributed by atoms with Gasteiger partial charge in [-0.05, 0) is 37.6 Å². The van der Waals surface area contributed by atoms with E-state index in [-0.39, 0.29) is 18.4 Å². The van der Waals surface area contributed by atoms with Crippen LogP contribution in [-0.2, 0) is 9.84 Å². The van der Waals surface area contributed by atoms with Gasteiger partial charge in [0.1, 0.15) is 0 Å². The first-order valence-corrected chi connectivity index (χ1v) is 7.35. The number of benzene rings is 1. The lowest BCUT2D eigenvalue weighted by atomic mass is 10.2. The molecule has 0 heterocycles. The zero-order chi connectivity index (χ0) is 12.9. The second kappa shape index (κ2) is 6.02. The predicted molar refractivity (Wildman–Crippen MR) is 69.0 cm³/mol. The van der Waals surface area contributed by atoms with E-state index in [0.29, 0.717) is 11.3 Å². The van der Waals surface area contributed by atoms with Gasteiger partial charge in [-0.1, -0.05) is 6.92 Å². The van der Waals surface area contributed by atoms with Gasteiger partial charge in [-0.15, -0.1) is 0 Å². The first-order valence-electron chi connectivity index (χ1n) is 5.70. The SMILES string of the molecule is CCS(=O)(=O)c1ccc(N[C@H](C)CCO)cc1. The van der Waals surface area contributed by atoms with Crippen LogP contribution >= 0.6 is 0 Å². The normalized spacial score (nSPS) is 13.4. The molecule has 1 rings (SSSR count). The molecule has 0 aliphatic carbocycles. The predicted octanol–water partition coefficient (Wildman–Crippen LogP) is 1.66. The Kier molecular flexibility index (Phi) is 4.96. The maximum atomic E-state index is 11.6. The number of hydrogen-bond acceptors (Lipinski definition) is 4. The highest BCUT2D eigenvalue weighted by molar-refractivity contribution is 7.91. The number of aliphatic hydroxyl groups is 1. The molecule has 2 N–H and O–H groups in total. The van der Waals surface area contributed by atoms with Crippen molar-refractivity contribution < 1.29 is 13.5 Å². The van der Waals surface area contributed by atoms with Gasteiger partial charge >= 0.3 is 0 Å². The third kappa shape index (κ3) is 4.02. The van der Waals surface area contributed by atoms with Crippen LogP contribution in [0.3, 0.4) is 0 Å². The molecule has 4 nitrogen and oxygen atoms in total. The smallest absolute Gasteiger partial charge is 0.178 e. The molecule has 0 aliphatic heterocycles. The molecule has 0 aromatic heterocycles. The van der Waals surface area contributed by atoms with E-state index >= 15 is 0 Å². The first-order chi connectivity index (χ1) is 7.99. The molecule has 0 saturated heterocycles. The molecule has 0 aliphatic rings. The van der Waals surface area contributed by atoms with Gasteiger partial charge in [-0.2, -0.15) is 0 Å². The summed E-state index contributed by atoms with van der Waals surface area (Å²) in [5.74, 6) is 0.112. The van der Waals surface area contributed by atoms with Crippen LogP contribution in [0.1, 0.15) is 20.3 Å². The molecule has 17 heavy (non-hydrogen) atoms. The van der Waals surface area contributed by atoms with E-state index in [4.69, 9.17) is 5.11 Å². The lowest BCUT2D eigenvalue weighted by molar-refractivity contribution is 0.282. The fourth-order valence-electron chi connectivity index (χ4n) is 1.48. The molecule has 0 fully saturated rings. The number of nitrogens with one attached hydrogen (secondary N) is 1. The van der Waals surface area contributed by atoms with Gasteiger partial charge in [0.15, 0.2) is 9.84 Å². The first kappa shape index (κ1) is 14.0. The zero-order valence-electron chi connectivity index (χ0n) is 10.2. The summed E-state index contributed by atoms with van der Waals surface area (Å²) >= 11 is 0. The van der Waals surface area contributed by atoms with Crippen molar-refractivity contribution in [2.45, 2.75) is 31.2 Å². The average molecular weight is 257 g/mol. The average Bonchev–Trinajstić information content (AvgIpc) is 2.30. The monoisotopic (exact) mass is 257 g/mol. The highest BCUT2D eigenvalue weighted by Gasteiger charge is 2.10. The second-order valence-electron chi connectivity index (χ2n) is 3.99. The van der Waals surface area contributed by atoms with Crippen molar-refractivity contribution in [3.63, 3.8) is 0 Å². The summed E-state index contributed by atoms with van der Waals surface area (Å²) in [6, 6.07) is 6.86. The minimum absolute atomic E-state index is 0.112. The third-order valence-corrected chi connectivity index (χ3v) is 4.32. The molecule has 5 heteroatoms. The Bertz CT molecular complexity index is 439. The molecule has 0 amide bonds. The van der Waals surface area contributed by atoms with E-state index in [1.807, 2.05) is 6.92 Å². The third-order valence-electron chi connectivity index (χ3n) is 2.57. The largest absolute Gasteiger partial charge is 0.396 e. The second-order valence-corrected chi connectivity index (χ2v) is 6.26. The standard InChI is InChI=1S/C12H19NO3S/c1-3-17(15,16)12-6-4-11(5-7-12)13-10(2)8-9-14/h4-7,10,13-14H,3,8-9H2,1-2H3/t10-/m1/s1. The summed E-state index contributed by atoms with van der Waals surface area (Å²) in [4.78, 5) is 0.348. The van der Waals surface area contributed by atoms with Crippen LogP contribution in [0.2, 0.25) is 0 Å². The summed E-state index contributed by atoms with van der Waals surface area (Å²) in [6.07, 6.45) is 0.662. The highest BCUT2D eigenvalue weighted by Crippen LogP contribution is 2.16. The van der Waals surface area contributed by atoms with Gasteiger partial charge < -0.3 is 10.4 Å². The molecule has 1 aromatic carbocycles. The number of aliphatic hydroxyl groups excluding tert-OH is 1. The van der Waals surface area contributed by atoms with Crippen LogP contribution in [0.4, 0.5) is 5.69 Å². The van der Waals surface area contributed by atoms with Crippen molar-refractivity contribution in [1.29, 1.82) is 0 Å². The van der Waals surface area contributed by atoms with Gasteiger partial charge in [-0.25, -0.2) is 8.42 Å². The number of sulfone groups is 1. The van der Waals surface area contributed by atoms with Crippen LogP contribution in [0.25, 0.3) is 0 Å². The summed E-state index contributed by atoms with van der Waals surface area (Å²) in [5.41, 5.74) is 0.862. The number of anilines is 1. The van der Waals surface area contributed by atoms with E-state index < -0.39 is 9.84 Å². The summed E-state index contributed by atoms with van der Waals surface area (Å²) in [5, 5.41) is 12.0. The molecule has 0 unspecified atom stereocenters. The maximum absolute atomic E-state index is 11.6. The Morgan fingerprint density at radius 2 is 1.88 bits per heavy atom. The number of rotatable bonds is 6. The molecule has 0 radical (unpaired) electrons. The van der Waals surface area contributed by atoms with Crippen LogP contribution in [0.15, 0.2) is 29.2 Å². The van der Waals surface area contributed by atoms with Crippen LogP contribution in [-0.4, -0.2) is 31.9 Å². The van der Waals surface area contributed by atoms with E-state index in [1.54, 1.807) is 31.2 Å². The van der Waals surface area contributed by atoms with Crippen molar-refractivity contribution in [2.24, 2.45) is 0 Å². The molecule has 0 spiro atoms. The molecule has 96 valence electrons. The van der Waals surface area contributed by atoms with Crippen molar-refractivity contribution in [3.8, 4) is 0 Å². The molecular formula is C12H19NO3S. The van der Waals surface area contributed by atoms with Gasteiger partial charge in [0, 0.05) is 18.3 Å². The Labute approximate surface area is 103 Å². The van der Waals surface area contributed by atoms with Crippen LogP contribution < -0.4 is 5.32 Å². The van der Waals surface area contributed by atoms with Crippen molar-refractivity contribution in [3.05, 3.63) is 24.3 Å². The van der Waals surface area contributed by atoms with Crippen molar-refractivity contribution in [1.82, 2.24) is 0 Å². The fourth-order valence-corrected chi connectivity index (χ4v) is 2.36. The lowest BCUT2D eigenvalue weighted by Crippen LogP contribution is -2.16. The lowest BCUT2D eigenvalue weighted by Gasteiger charge is -2.14. The molecular weight excluding hydrogens is 238 g/mol. The van der Waals surface area contributed by atoms with E-state index in [9.17, 15) is 8.42 Å². The van der Waals surface area contributed by atoms with Crippen LogP contribution in [0.5, 0.6) is 0 Å². The molecule has 1 atom stereocenters. The Morgan fingerprint density at radius 3 is 2.35 bits per heavy atom. The van der Waals surface area contributed by atoms with Gasteiger partial charge in [-0.3, -0.25) is 0 Å². The van der Waals surface area contributed by atoms with Gasteiger partial charge in [0.2, 0.25) is 0 Å².